The third-order valence-corrected chi connectivity index (χ3v) is 11.4. The lowest BCUT2D eigenvalue weighted by molar-refractivity contribution is -0.141. The van der Waals surface area contributed by atoms with Crippen molar-refractivity contribution >= 4 is 52.0 Å². The number of fused-ring (bicyclic) bond motifs is 3. The van der Waals surface area contributed by atoms with E-state index in [0.29, 0.717) is 58.6 Å². The van der Waals surface area contributed by atoms with E-state index < -0.39 is 35.8 Å². The number of nitrogens with two attached hydrogens (primary N) is 2. The smallest absolute Gasteiger partial charge is 0.246 e. The Hall–Kier alpha value is -5.20. The summed E-state index contributed by atoms with van der Waals surface area (Å²) in [6.07, 6.45) is 4.73. The third kappa shape index (κ3) is 10.8. The van der Waals surface area contributed by atoms with E-state index in [9.17, 15) is 14.4 Å². The van der Waals surface area contributed by atoms with Gasteiger partial charge in [0, 0.05) is 66.9 Å². The first kappa shape index (κ1) is 41.4. The number of nitrogens with one attached hydrogen (secondary N) is 4. The highest BCUT2D eigenvalue weighted by Crippen LogP contribution is 2.38. The molecular weight excluding hydrogens is 760 g/mol. The summed E-state index contributed by atoms with van der Waals surface area (Å²) >= 11 is 8.40. The number of H-pyrrole nitrogens is 1. The van der Waals surface area contributed by atoms with Gasteiger partial charge in [-0.05, 0) is 65.9 Å². The van der Waals surface area contributed by atoms with Crippen LogP contribution in [-0.4, -0.2) is 77.5 Å². The SMILES string of the molecule is CN1C(=O)[C@H](CN)NC(=O)[C@H](CCCN)NCc2cccnc2Sc2c(Cl)cc(C#CCOCc3ccccc3)cc2CNC(=O)[C@@H]1Cc1c[nH]c2ccccc12. The first-order valence-corrected chi connectivity index (χ1v) is 20.0. The molecule has 0 saturated carbocycles. The number of aromatic amines is 1. The number of amides is 3. The lowest BCUT2D eigenvalue weighted by Crippen LogP contribution is -2.59. The Kier molecular flexibility index (Phi) is 14.7. The molecule has 3 aromatic carbocycles. The second kappa shape index (κ2) is 20.3. The lowest BCUT2D eigenvalue weighted by Gasteiger charge is -2.31. The maximum Gasteiger partial charge on any atom is 0.246 e. The van der Waals surface area contributed by atoms with Crippen molar-refractivity contribution in [2.24, 2.45) is 11.5 Å². The molecule has 6 rings (SSSR count). The van der Waals surface area contributed by atoms with Crippen molar-refractivity contribution in [3.05, 3.63) is 124 Å². The van der Waals surface area contributed by atoms with Gasteiger partial charge in [-0.3, -0.25) is 14.4 Å². The van der Waals surface area contributed by atoms with Gasteiger partial charge in [0.2, 0.25) is 17.7 Å². The molecule has 0 unspecified atom stereocenters. The Morgan fingerprint density at radius 3 is 2.58 bits per heavy atom. The quantitative estimate of drug-likeness (QED) is 0.0937. The number of ether oxygens (including phenoxy) is 1. The Bertz CT molecular complexity index is 2240. The zero-order valence-corrected chi connectivity index (χ0v) is 33.3. The van der Waals surface area contributed by atoms with E-state index >= 15 is 0 Å². The number of para-hydroxylation sites is 1. The minimum atomic E-state index is -1.08. The molecule has 8 N–H and O–H groups in total. The Morgan fingerprint density at radius 2 is 1.77 bits per heavy atom. The standard InChI is InChI=1S/C43H47ClN8O4S/c1-52-38(22-31-25-48-35-15-6-5-14-33(31)35)41(54)50-26-32-20-29(12-9-19-56-27-28-10-3-2-4-11-28)21-34(44)39(32)57-42-30(13-8-18-47-42)24-49-36(16-7-17-45)40(53)51-37(23-46)43(52)55/h2-6,8,10-11,13-15,18,20-21,25,36-38,48-49H,7,16-17,19,22-24,26-27,45-46H2,1H3,(H,50,54)(H,51,53)/t36-,37-,38-/m0/s1. The monoisotopic (exact) mass is 806 g/mol. The average Bonchev–Trinajstić information content (AvgIpc) is 3.64. The number of carbonyl (C=O) groups is 3. The van der Waals surface area contributed by atoms with Gasteiger partial charge in [0.1, 0.15) is 23.7 Å². The predicted molar refractivity (Wildman–Crippen MR) is 223 cm³/mol. The molecule has 14 heteroatoms. The van der Waals surface area contributed by atoms with Crippen LogP contribution in [0.1, 0.15) is 40.7 Å². The predicted octanol–water partition coefficient (Wildman–Crippen LogP) is 4.28. The van der Waals surface area contributed by atoms with Crippen LogP contribution in [0.3, 0.4) is 0 Å². The molecule has 57 heavy (non-hydrogen) atoms. The van der Waals surface area contributed by atoms with Crippen LogP contribution < -0.4 is 27.4 Å². The molecular formula is C43H47ClN8O4S. The van der Waals surface area contributed by atoms with Gasteiger partial charge in [0.25, 0.3) is 0 Å². The summed E-state index contributed by atoms with van der Waals surface area (Å²) in [5.41, 5.74) is 17.0. The third-order valence-electron chi connectivity index (χ3n) is 9.75. The molecule has 1 aliphatic rings. The van der Waals surface area contributed by atoms with Crippen LogP contribution in [0.25, 0.3) is 10.9 Å². The molecule has 1 aliphatic heterocycles. The van der Waals surface area contributed by atoms with Crippen LogP contribution in [-0.2, 0) is 45.2 Å². The van der Waals surface area contributed by atoms with Crippen molar-refractivity contribution in [3.8, 4) is 11.8 Å². The molecule has 0 bridgehead atoms. The zero-order chi connectivity index (χ0) is 40.1. The summed E-state index contributed by atoms with van der Waals surface area (Å²) in [5, 5.41) is 11.3. The fraction of sp³-hybridized carbons (Fsp3) is 0.302. The Balaban J connectivity index is 1.36. The minimum absolute atomic E-state index is 0.0754. The molecule has 0 aliphatic carbocycles. The minimum Gasteiger partial charge on any atom is -0.364 e. The summed E-state index contributed by atoms with van der Waals surface area (Å²) in [7, 11) is 1.56. The highest BCUT2D eigenvalue weighted by atomic mass is 35.5. The largest absolute Gasteiger partial charge is 0.364 e. The number of nitrogens with zero attached hydrogens (tertiary/aromatic N) is 2. The number of aromatic nitrogens is 2. The first-order chi connectivity index (χ1) is 27.7. The van der Waals surface area contributed by atoms with Crippen molar-refractivity contribution in [3.63, 3.8) is 0 Å². The number of pyridine rings is 1. The van der Waals surface area contributed by atoms with Crippen LogP contribution in [0, 0.1) is 11.8 Å². The van der Waals surface area contributed by atoms with Crippen molar-refractivity contribution in [2.45, 2.75) is 67.0 Å². The van der Waals surface area contributed by atoms with Gasteiger partial charge < -0.3 is 42.0 Å². The van der Waals surface area contributed by atoms with E-state index in [2.05, 4.69) is 37.8 Å². The van der Waals surface area contributed by atoms with E-state index in [-0.39, 0.29) is 26.1 Å². The molecule has 3 atom stereocenters. The molecule has 0 radical (unpaired) electrons. The number of hydrogen-bond acceptors (Lipinski definition) is 9. The molecule has 3 amide bonds. The molecule has 296 valence electrons. The molecule has 0 saturated heterocycles. The van der Waals surface area contributed by atoms with E-state index in [1.807, 2.05) is 79.0 Å². The maximum absolute atomic E-state index is 14.4. The number of hydrogen-bond donors (Lipinski definition) is 6. The first-order valence-electron chi connectivity index (χ1n) is 18.8. The number of likely N-dealkylation sites (N-methyl/N-ethyl adjacent to an activating group) is 1. The number of carbonyl (C=O) groups excluding carboxylic acids is 3. The molecule has 3 heterocycles. The van der Waals surface area contributed by atoms with E-state index in [1.54, 1.807) is 19.3 Å². The Morgan fingerprint density at radius 1 is 0.965 bits per heavy atom. The van der Waals surface area contributed by atoms with Crippen molar-refractivity contribution in [1.82, 2.24) is 30.8 Å². The highest BCUT2D eigenvalue weighted by Gasteiger charge is 2.34. The summed E-state index contributed by atoms with van der Waals surface area (Å²) in [6.45, 7) is 1.23. The van der Waals surface area contributed by atoms with Crippen molar-refractivity contribution in [2.75, 3.05) is 26.7 Å². The van der Waals surface area contributed by atoms with E-state index in [0.717, 1.165) is 27.6 Å². The molecule has 0 spiro atoms. The van der Waals surface area contributed by atoms with Crippen molar-refractivity contribution < 1.29 is 19.1 Å². The Labute approximate surface area is 341 Å². The average molecular weight is 807 g/mol. The van der Waals surface area contributed by atoms with Gasteiger partial charge in [0.05, 0.1) is 17.7 Å². The van der Waals surface area contributed by atoms with Crippen LogP contribution in [0.2, 0.25) is 5.02 Å². The molecule has 5 aromatic rings. The molecule has 2 aromatic heterocycles. The topological polar surface area (TPSA) is 180 Å². The van der Waals surface area contributed by atoms with Crippen LogP contribution in [0.5, 0.6) is 0 Å². The van der Waals surface area contributed by atoms with Gasteiger partial charge in [-0.2, -0.15) is 0 Å². The van der Waals surface area contributed by atoms with Crippen LogP contribution >= 0.6 is 23.4 Å². The highest BCUT2D eigenvalue weighted by molar-refractivity contribution is 7.99. The summed E-state index contributed by atoms with van der Waals surface area (Å²) in [4.78, 5) is 52.3. The van der Waals surface area contributed by atoms with Gasteiger partial charge >= 0.3 is 0 Å². The van der Waals surface area contributed by atoms with Crippen LogP contribution in [0.15, 0.2) is 101 Å². The molecule has 0 fully saturated rings. The maximum atomic E-state index is 14.4. The zero-order valence-electron chi connectivity index (χ0n) is 31.7. The fourth-order valence-corrected chi connectivity index (χ4v) is 7.99. The summed E-state index contributed by atoms with van der Waals surface area (Å²) < 4.78 is 5.78. The number of halogens is 1. The van der Waals surface area contributed by atoms with Crippen LogP contribution in [0.4, 0.5) is 0 Å². The normalized spacial score (nSPS) is 18.1. The van der Waals surface area contributed by atoms with Gasteiger partial charge in [-0.25, -0.2) is 4.98 Å². The number of benzene rings is 3. The molecule has 12 nitrogen and oxygen atoms in total. The van der Waals surface area contributed by atoms with Gasteiger partial charge in [-0.15, -0.1) is 0 Å². The summed E-state index contributed by atoms with van der Waals surface area (Å²) in [5.74, 6) is 4.95. The van der Waals surface area contributed by atoms with E-state index in [4.69, 9.17) is 27.8 Å². The lowest BCUT2D eigenvalue weighted by atomic mass is 10.0. The summed E-state index contributed by atoms with van der Waals surface area (Å²) in [6, 6.07) is 22.3. The second-order valence-electron chi connectivity index (χ2n) is 13.7. The van der Waals surface area contributed by atoms with Gasteiger partial charge in [0.15, 0.2) is 0 Å². The van der Waals surface area contributed by atoms with E-state index in [1.165, 1.54) is 16.7 Å². The fourth-order valence-electron chi connectivity index (χ4n) is 6.64. The van der Waals surface area contributed by atoms with Gasteiger partial charge in [-0.1, -0.05) is 89.8 Å². The second-order valence-corrected chi connectivity index (χ2v) is 15.1. The van der Waals surface area contributed by atoms with Crippen molar-refractivity contribution in [1.29, 1.82) is 0 Å². The number of rotatable bonds is 9.